The molecule has 2 aromatic rings. The zero-order valence-electron chi connectivity index (χ0n) is 13.6. The van der Waals surface area contributed by atoms with Crippen LogP contribution in [0.1, 0.15) is 11.1 Å². The minimum absolute atomic E-state index is 0.576. The summed E-state index contributed by atoms with van der Waals surface area (Å²) >= 11 is 0. The predicted octanol–water partition coefficient (Wildman–Crippen LogP) is 5.05. The summed E-state index contributed by atoms with van der Waals surface area (Å²) < 4.78 is 75.7. The highest BCUT2D eigenvalue weighted by atomic mass is 19.4. The molecule has 2 nitrogen and oxygen atoms in total. The molecule has 2 aromatic carbocycles. The molecule has 0 amide bonds. The highest BCUT2D eigenvalue weighted by Crippen LogP contribution is 2.32. The van der Waals surface area contributed by atoms with E-state index in [1.54, 1.807) is 0 Å². The van der Waals surface area contributed by atoms with Crippen LogP contribution in [0.15, 0.2) is 48.5 Å². The fourth-order valence-corrected chi connectivity index (χ4v) is 2.95. The smallest absolute Gasteiger partial charge is 0.368 e. The van der Waals surface area contributed by atoms with Gasteiger partial charge in [0.2, 0.25) is 0 Å². The van der Waals surface area contributed by atoms with Gasteiger partial charge in [0.25, 0.3) is 0 Å². The van der Waals surface area contributed by atoms with E-state index in [4.69, 9.17) is 0 Å². The highest BCUT2D eigenvalue weighted by Gasteiger charge is 2.31. The van der Waals surface area contributed by atoms with Gasteiger partial charge in [-0.25, -0.2) is 0 Å². The number of benzene rings is 2. The first-order valence-corrected chi connectivity index (χ1v) is 7.99. The number of halogens is 6. The third kappa shape index (κ3) is 4.05. The van der Waals surface area contributed by atoms with Crippen molar-refractivity contribution >= 4 is 11.4 Å². The average Bonchev–Trinajstić information content (AvgIpc) is 2.61. The molecule has 1 heterocycles. The van der Waals surface area contributed by atoms with Crippen LogP contribution >= 0.6 is 0 Å². The van der Waals surface area contributed by atoms with Crippen molar-refractivity contribution < 1.29 is 26.3 Å². The molecule has 0 aliphatic carbocycles. The number of nitrogens with zero attached hydrogens (tertiary/aromatic N) is 2. The Morgan fingerprint density at radius 3 is 1.00 bits per heavy atom. The Morgan fingerprint density at radius 1 is 0.500 bits per heavy atom. The second-order valence-electron chi connectivity index (χ2n) is 6.06. The van der Waals surface area contributed by atoms with E-state index in [0.717, 1.165) is 24.3 Å². The molecule has 1 aliphatic rings. The SMILES string of the molecule is FC(F)(F)c1ccc(N2CCN(c3ccc(C(F)(F)F)cc3)CC2)cc1. The third-order valence-corrected chi connectivity index (χ3v) is 4.40. The van der Waals surface area contributed by atoms with Crippen molar-refractivity contribution in [2.75, 3.05) is 36.0 Å². The van der Waals surface area contributed by atoms with Crippen LogP contribution in [0.2, 0.25) is 0 Å². The lowest BCUT2D eigenvalue weighted by atomic mass is 10.1. The Hall–Kier alpha value is -2.38. The molecule has 0 radical (unpaired) electrons. The Balaban J connectivity index is 1.62. The van der Waals surface area contributed by atoms with Gasteiger partial charge in [-0.2, -0.15) is 26.3 Å². The molecule has 140 valence electrons. The quantitative estimate of drug-likeness (QED) is 0.679. The number of anilines is 2. The highest BCUT2D eigenvalue weighted by molar-refractivity contribution is 5.53. The molecule has 1 aliphatic heterocycles. The third-order valence-electron chi connectivity index (χ3n) is 4.40. The van der Waals surface area contributed by atoms with Crippen LogP contribution in [-0.2, 0) is 12.4 Å². The van der Waals surface area contributed by atoms with Crippen molar-refractivity contribution in [3.8, 4) is 0 Å². The molecule has 0 aromatic heterocycles. The molecule has 0 bridgehead atoms. The zero-order chi connectivity index (χ0) is 18.9. The minimum atomic E-state index is -4.36. The average molecular weight is 374 g/mol. The van der Waals surface area contributed by atoms with Crippen LogP contribution in [0.3, 0.4) is 0 Å². The van der Waals surface area contributed by atoms with Crippen molar-refractivity contribution in [3.63, 3.8) is 0 Å². The van der Waals surface area contributed by atoms with E-state index < -0.39 is 23.5 Å². The number of hydrogen-bond donors (Lipinski definition) is 0. The van der Waals surface area contributed by atoms with Crippen molar-refractivity contribution in [2.24, 2.45) is 0 Å². The molecule has 8 heteroatoms. The van der Waals surface area contributed by atoms with Gasteiger partial charge in [-0.05, 0) is 48.5 Å². The lowest BCUT2D eigenvalue weighted by molar-refractivity contribution is -0.138. The summed E-state index contributed by atoms with van der Waals surface area (Å²) in [6, 6.07) is 9.98. The second kappa shape index (κ2) is 6.74. The van der Waals surface area contributed by atoms with Gasteiger partial charge in [0.15, 0.2) is 0 Å². The van der Waals surface area contributed by atoms with Crippen molar-refractivity contribution in [1.29, 1.82) is 0 Å². The summed E-state index contributed by atoms with van der Waals surface area (Å²) in [6.07, 6.45) is -8.72. The lowest BCUT2D eigenvalue weighted by Crippen LogP contribution is -2.46. The maximum atomic E-state index is 12.6. The lowest BCUT2D eigenvalue weighted by Gasteiger charge is -2.37. The summed E-state index contributed by atoms with van der Waals surface area (Å²) in [7, 11) is 0. The van der Waals surface area contributed by atoms with E-state index in [9.17, 15) is 26.3 Å². The molecular weight excluding hydrogens is 358 g/mol. The van der Waals surface area contributed by atoms with Gasteiger partial charge in [0, 0.05) is 37.6 Å². The molecule has 0 N–H and O–H groups in total. The van der Waals surface area contributed by atoms with Crippen LogP contribution in [0.25, 0.3) is 0 Å². The number of piperazine rings is 1. The first-order chi connectivity index (χ1) is 12.1. The van der Waals surface area contributed by atoms with E-state index in [0.29, 0.717) is 37.6 Å². The molecule has 0 spiro atoms. The van der Waals surface area contributed by atoms with Gasteiger partial charge < -0.3 is 9.80 Å². The van der Waals surface area contributed by atoms with Gasteiger partial charge in [0.1, 0.15) is 0 Å². The van der Waals surface area contributed by atoms with Crippen molar-refractivity contribution in [2.45, 2.75) is 12.4 Å². The minimum Gasteiger partial charge on any atom is -0.368 e. The van der Waals surface area contributed by atoms with E-state index in [1.807, 2.05) is 9.80 Å². The molecule has 0 atom stereocenters. The van der Waals surface area contributed by atoms with E-state index >= 15 is 0 Å². The fraction of sp³-hybridized carbons (Fsp3) is 0.333. The molecule has 26 heavy (non-hydrogen) atoms. The number of alkyl halides is 6. The Kier molecular flexibility index (Phi) is 4.77. The molecule has 1 saturated heterocycles. The van der Waals surface area contributed by atoms with Gasteiger partial charge in [-0.3, -0.25) is 0 Å². The summed E-state index contributed by atoms with van der Waals surface area (Å²) in [4.78, 5) is 3.92. The van der Waals surface area contributed by atoms with E-state index in [2.05, 4.69) is 0 Å². The molecule has 0 unspecified atom stereocenters. The van der Waals surface area contributed by atoms with Crippen molar-refractivity contribution in [3.05, 3.63) is 59.7 Å². The largest absolute Gasteiger partial charge is 0.416 e. The maximum absolute atomic E-state index is 12.6. The normalized spacial score (nSPS) is 16.1. The van der Waals surface area contributed by atoms with Crippen LogP contribution < -0.4 is 9.80 Å². The molecule has 1 fully saturated rings. The van der Waals surface area contributed by atoms with Gasteiger partial charge in [0.05, 0.1) is 11.1 Å². The van der Waals surface area contributed by atoms with Gasteiger partial charge >= 0.3 is 12.4 Å². The van der Waals surface area contributed by atoms with Crippen LogP contribution in [0.4, 0.5) is 37.7 Å². The Labute approximate surface area is 146 Å². The fourth-order valence-electron chi connectivity index (χ4n) is 2.95. The summed E-state index contributed by atoms with van der Waals surface area (Å²) in [5.41, 5.74) is 0.0180. The Morgan fingerprint density at radius 2 is 0.769 bits per heavy atom. The van der Waals surface area contributed by atoms with Crippen LogP contribution in [-0.4, -0.2) is 26.2 Å². The van der Waals surface area contributed by atoms with Gasteiger partial charge in [-0.1, -0.05) is 0 Å². The molecule has 0 saturated carbocycles. The maximum Gasteiger partial charge on any atom is 0.416 e. The van der Waals surface area contributed by atoms with Gasteiger partial charge in [-0.15, -0.1) is 0 Å². The van der Waals surface area contributed by atoms with Crippen LogP contribution in [0, 0.1) is 0 Å². The molecular formula is C18H16F6N2. The topological polar surface area (TPSA) is 6.48 Å². The predicted molar refractivity (Wildman–Crippen MR) is 87.3 cm³/mol. The first kappa shape index (κ1) is 18.4. The number of rotatable bonds is 2. The molecule has 3 rings (SSSR count). The van der Waals surface area contributed by atoms with Crippen LogP contribution in [0.5, 0.6) is 0 Å². The zero-order valence-corrected chi connectivity index (χ0v) is 13.6. The first-order valence-electron chi connectivity index (χ1n) is 7.99. The number of hydrogen-bond acceptors (Lipinski definition) is 2. The Bertz CT molecular complexity index is 661. The second-order valence-corrected chi connectivity index (χ2v) is 6.06. The summed E-state index contributed by atoms with van der Waals surface area (Å²) in [5.74, 6) is 0. The van der Waals surface area contributed by atoms with Crippen molar-refractivity contribution in [1.82, 2.24) is 0 Å². The summed E-state index contributed by atoms with van der Waals surface area (Å²) in [5, 5.41) is 0. The standard InChI is InChI=1S/C18H16F6N2/c19-17(20,21)13-1-5-15(6-2-13)25-9-11-26(12-10-25)16-7-3-14(4-8-16)18(22,23)24/h1-8H,9-12H2. The summed E-state index contributed by atoms with van der Waals surface area (Å²) in [6.45, 7) is 2.30. The van der Waals surface area contributed by atoms with E-state index in [-0.39, 0.29) is 0 Å². The monoisotopic (exact) mass is 374 g/mol. The van der Waals surface area contributed by atoms with E-state index in [1.165, 1.54) is 24.3 Å².